The van der Waals surface area contributed by atoms with Gasteiger partial charge in [-0.1, -0.05) is 6.92 Å². The molecule has 0 fully saturated rings. The van der Waals surface area contributed by atoms with Crippen molar-refractivity contribution in [1.29, 1.82) is 0 Å². The molecule has 0 spiro atoms. The van der Waals surface area contributed by atoms with Crippen LogP contribution in [0.1, 0.15) is 25.0 Å². The first kappa shape index (κ1) is 20.9. The fourth-order valence-electron chi connectivity index (χ4n) is 2.62. The Morgan fingerprint density at radius 3 is 2.57 bits per heavy atom. The summed E-state index contributed by atoms with van der Waals surface area (Å²) in [5.74, 6) is -1.98. The van der Waals surface area contributed by atoms with Gasteiger partial charge in [-0.15, -0.1) is 0 Å². The molecule has 0 unspecified atom stereocenters. The van der Waals surface area contributed by atoms with Gasteiger partial charge in [-0.05, 0) is 38.0 Å². The van der Waals surface area contributed by atoms with E-state index in [9.17, 15) is 19.2 Å². The molecule has 9 nitrogen and oxygen atoms in total. The van der Waals surface area contributed by atoms with Gasteiger partial charge in [-0.25, -0.2) is 4.79 Å². The molecule has 0 aliphatic heterocycles. The molecule has 28 heavy (non-hydrogen) atoms. The Morgan fingerprint density at radius 2 is 1.93 bits per heavy atom. The van der Waals surface area contributed by atoms with Crippen molar-refractivity contribution in [3.8, 4) is 5.75 Å². The number of rotatable bonds is 8. The van der Waals surface area contributed by atoms with Gasteiger partial charge in [-0.2, -0.15) is 0 Å². The lowest BCUT2D eigenvalue weighted by Crippen LogP contribution is -2.43. The molecule has 0 bridgehead atoms. The number of hydrogen-bond donors (Lipinski definition) is 3. The monoisotopic (exact) mass is 390 g/mol. The molecule has 9 heteroatoms. The second-order valence-corrected chi connectivity index (χ2v) is 6.16. The fourth-order valence-corrected chi connectivity index (χ4v) is 2.62. The summed E-state index contributed by atoms with van der Waals surface area (Å²) in [5.41, 5.74) is 1.40. The van der Waals surface area contributed by atoms with E-state index in [0.717, 1.165) is 10.9 Å². The smallest absolute Gasteiger partial charge is 0.336 e. The molecule has 0 saturated heterocycles. The minimum absolute atomic E-state index is 0.370. The first-order valence-corrected chi connectivity index (χ1v) is 8.72. The highest BCUT2D eigenvalue weighted by molar-refractivity contribution is 5.88. The van der Waals surface area contributed by atoms with Crippen LogP contribution >= 0.6 is 0 Å². The molecule has 150 valence electrons. The zero-order valence-electron chi connectivity index (χ0n) is 15.8. The van der Waals surface area contributed by atoms with Crippen molar-refractivity contribution < 1.29 is 28.6 Å². The summed E-state index contributed by atoms with van der Waals surface area (Å²) >= 11 is 0. The minimum Gasteiger partial charge on any atom is -0.480 e. The van der Waals surface area contributed by atoms with Crippen LogP contribution in [0.4, 0.5) is 0 Å². The zero-order chi connectivity index (χ0) is 20.8. The number of carboxylic acid groups (broad SMARTS) is 1. The predicted molar refractivity (Wildman–Crippen MR) is 100 cm³/mol. The quantitative estimate of drug-likeness (QED) is 0.566. The maximum atomic E-state index is 12.1. The van der Waals surface area contributed by atoms with Gasteiger partial charge in [0.25, 0.3) is 5.91 Å². The van der Waals surface area contributed by atoms with Crippen molar-refractivity contribution in [3.63, 3.8) is 0 Å². The third kappa shape index (κ3) is 5.09. The van der Waals surface area contributed by atoms with Crippen LogP contribution in [0, 0.1) is 6.92 Å². The van der Waals surface area contributed by atoms with E-state index in [0.29, 0.717) is 23.3 Å². The summed E-state index contributed by atoms with van der Waals surface area (Å²) in [4.78, 5) is 45.7. The number of carbonyl (C=O) groups is 3. The Morgan fingerprint density at radius 1 is 1.21 bits per heavy atom. The molecule has 2 amide bonds. The molecule has 1 heterocycles. The standard InChI is InChI=1S/C19H22N2O7/c1-4-12-7-17(25)28-18-10(2)14(6-5-13(12)18)27-11(3)19(26)21-8-15(22)20-9-16(23)24/h5-7,11H,4,8-9H2,1-3H3,(H,20,22)(H,21,26)(H,23,24)/t11-/m1/s1. The van der Waals surface area contributed by atoms with Crippen LogP contribution in [-0.2, 0) is 20.8 Å². The van der Waals surface area contributed by atoms with Crippen molar-refractivity contribution >= 4 is 28.8 Å². The molecule has 2 aromatic rings. The van der Waals surface area contributed by atoms with E-state index in [1.807, 2.05) is 6.92 Å². The molecule has 0 radical (unpaired) electrons. The van der Waals surface area contributed by atoms with E-state index in [1.165, 1.54) is 13.0 Å². The number of aliphatic carboxylic acids is 1. The van der Waals surface area contributed by atoms with Gasteiger partial charge in [-0.3, -0.25) is 14.4 Å². The summed E-state index contributed by atoms with van der Waals surface area (Å²) in [6, 6.07) is 4.91. The second-order valence-electron chi connectivity index (χ2n) is 6.16. The normalized spacial score (nSPS) is 11.7. The molecular formula is C19H22N2O7. The SMILES string of the molecule is CCc1cc(=O)oc2c(C)c(O[C@H](C)C(=O)NCC(=O)NCC(=O)O)ccc12. The van der Waals surface area contributed by atoms with E-state index in [-0.39, 0.29) is 6.54 Å². The topological polar surface area (TPSA) is 135 Å². The van der Waals surface area contributed by atoms with Gasteiger partial charge in [0.1, 0.15) is 17.9 Å². The van der Waals surface area contributed by atoms with Crippen molar-refractivity contribution in [2.45, 2.75) is 33.3 Å². The summed E-state index contributed by atoms with van der Waals surface area (Å²) in [5, 5.41) is 13.8. The second kappa shape index (κ2) is 9.03. The number of hydrogen-bond acceptors (Lipinski definition) is 6. The first-order chi connectivity index (χ1) is 13.2. The number of amides is 2. The third-order valence-corrected chi connectivity index (χ3v) is 4.11. The Hall–Kier alpha value is -3.36. The molecule has 0 aliphatic carbocycles. The van der Waals surface area contributed by atoms with E-state index in [2.05, 4.69) is 10.6 Å². The summed E-state index contributed by atoms with van der Waals surface area (Å²) in [7, 11) is 0. The number of carbonyl (C=O) groups excluding carboxylic acids is 2. The number of carboxylic acids is 1. The van der Waals surface area contributed by atoms with Crippen LogP contribution in [0.15, 0.2) is 27.4 Å². The van der Waals surface area contributed by atoms with Gasteiger partial charge in [0, 0.05) is 17.0 Å². The van der Waals surface area contributed by atoms with Gasteiger partial charge in [0.05, 0.1) is 6.54 Å². The number of nitrogens with one attached hydrogen (secondary N) is 2. The Bertz CT molecular complexity index is 965. The third-order valence-electron chi connectivity index (χ3n) is 4.11. The highest BCUT2D eigenvalue weighted by Gasteiger charge is 2.18. The maximum Gasteiger partial charge on any atom is 0.336 e. The molecule has 1 aromatic heterocycles. The van der Waals surface area contributed by atoms with Crippen LogP contribution in [-0.4, -0.2) is 42.1 Å². The molecule has 0 saturated carbocycles. The number of benzene rings is 1. The average Bonchev–Trinajstić information content (AvgIpc) is 2.66. The van der Waals surface area contributed by atoms with E-state index >= 15 is 0 Å². The van der Waals surface area contributed by atoms with Crippen LogP contribution in [0.25, 0.3) is 11.0 Å². The number of fused-ring (bicyclic) bond motifs is 1. The summed E-state index contributed by atoms with van der Waals surface area (Å²) in [6.45, 7) is 4.27. The van der Waals surface area contributed by atoms with E-state index in [1.54, 1.807) is 19.1 Å². The summed E-state index contributed by atoms with van der Waals surface area (Å²) in [6.07, 6.45) is -0.255. The molecule has 3 N–H and O–H groups in total. The number of ether oxygens (including phenoxy) is 1. The number of aryl methyl sites for hydroxylation is 2. The van der Waals surface area contributed by atoms with Crippen LogP contribution in [0.3, 0.4) is 0 Å². The lowest BCUT2D eigenvalue weighted by atomic mass is 10.0. The Kier molecular flexibility index (Phi) is 6.75. The van der Waals surface area contributed by atoms with Crippen LogP contribution in [0.5, 0.6) is 5.75 Å². The van der Waals surface area contributed by atoms with Crippen LogP contribution < -0.4 is 21.0 Å². The minimum atomic E-state index is -1.18. The highest BCUT2D eigenvalue weighted by atomic mass is 16.5. The summed E-state index contributed by atoms with van der Waals surface area (Å²) < 4.78 is 11.0. The Labute approximate surface area is 160 Å². The lowest BCUT2D eigenvalue weighted by molar-refractivity contribution is -0.137. The largest absolute Gasteiger partial charge is 0.480 e. The van der Waals surface area contributed by atoms with Gasteiger partial charge in [0.2, 0.25) is 5.91 Å². The van der Waals surface area contributed by atoms with E-state index < -0.39 is 36.1 Å². The van der Waals surface area contributed by atoms with Gasteiger partial charge < -0.3 is 24.9 Å². The molecule has 1 aromatic carbocycles. The van der Waals surface area contributed by atoms with Crippen molar-refractivity contribution in [2.75, 3.05) is 13.1 Å². The Balaban J connectivity index is 2.08. The predicted octanol–water partition coefficient (Wildman–Crippen LogP) is 0.748. The van der Waals surface area contributed by atoms with Gasteiger partial charge >= 0.3 is 11.6 Å². The van der Waals surface area contributed by atoms with Crippen LogP contribution in [0.2, 0.25) is 0 Å². The molecule has 2 rings (SSSR count). The average molecular weight is 390 g/mol. The van der Waals surface area contributed by atoms with E-state index in [4.69, 9.17) is 14.3 Å². The molecular weight excluding hydrogens is 368 g/mol. The van der Waals surface area contributed by atoms with Crippen molar-refractivity contribution in [3.05, 3.63) is 39.7 Å². The van der Waals surface area contributed by atoms with Gasteiger partial charge in [0.15, 0.2) is 6.10 Å². The first-order valence-electron chi connectivity index (χ1n) is 8.72. The maximum absolute atomic E-state index is 12.1. The van der Waals surface area contributed by atoms with Crippen molar-refractivity contribution in [2.24, 2.45) is 0 Å². The molecule has 0 aliphatic rings. The highest BCUT2D eigenvalue weighted by Crippen LogP contribution is 2.29. The van der Waals surface area contributed by atoms with Crippen molar-refractivity contribution in [1.82, 2.24) is 10.6 Å². The lowest BCUT2D eigenvalue weighted by Gasteiger charge is -2.17. The molecule has 1 atom stereocenters. The fraction of sp³-hybridized carbons (Fsp3) is 0.368. The zero-order valence-corrected chi connectivity index (χ0v) is 15.8.